The first-order chi connectivity index (χ1) is 12.5. The Morgan fingerprint density at radius 3 is 0.690 bits per heavy atom. The van der Waals surface area contributed by atoms with Gasteiger partial charge in [0.05, 0.1) is 0 Å². The van der Waals surface area contributed by atoms with Crippen molar-refractivity contribution in [2.24, 2.45) is 23.7 Å². The molecule has 0 aliphatic rings. The van der Waals surface area contributed by atoms with Gasteiger partial charge in [0.1, 0.15) is 0 Å². The highest BCUT2D eigenvalue weighted by atomic mass is 35.6. The van der Waals surface area contributed by atoms with Gasteiger partial charge in [-0.25, -0.2) is 0 Å². The zero-order chi connectivity index (χ0) is 24.0. The highest BCUT2D eigenvalue weighted by molar-refractivity contribution is 7.36. The quantitative estimate of drug-likeness (QED) is 0.215. The first kappa shape index (κ1) is 30.0. The van der Waals surface area contributed by atoms with Crippen LogP contribution in [-0.2, 0) is 0 Å². The second-order valence-electron chi connectivity index (χ2n) is 13.3. The number of hydrogen-bond acceptors (Lipinski definition) is 0. The van der Waals surface area contributed by atoms with Gasteiger partial charge >= 0.3 is 0 Å². The van der Waals surface area contributed by atoms with Crippen LogP contribution < -0.4 is 0 Å². The minimum absolute atomic E-state index is 0.0928. The van der Waals surface area contributed by atoms with Crippen LogP contribution in [0.5, 0.6) is 0 Å². The van der Waals surface area contributed by atoms with Crippen molar-refractivity contribution in [3.05, 3.63) is 0 Å². The van der Waals surface area contributed by atoms with Gasteiger partial charge < -0.3 is 0 Å². The van der Waals surface area contributed by atoms with Crippen LogP contribution in [0.15, 0.2) is 0 Å². The standard InChI is InChI=1S/C25H54Cl2Si2/c1-18(2)22(9,10)28(26,23(11,12)19(3)4)17-29(27,24(13,14)20(5)6)25(15,16)21(7)8/h18-21H,17H2,1-16H3. The topological polar surface area (TPSA) is 0 Å². The molecule has 0 rings (SSSR count). The lowest BCUT2D eigenvalue weighted by atomic mass is 9.97. The Bertz CT molecular complexity index is 455. The molecule has 0 saturated heterocycles. The SMILES string of the molecule is CC(C)C(C)(C)[Si](Cl)(C[Si](Cl)(C(C)(C)C(C)C)C(C)(C)C(C)C)C(C)(C)C(C)C. The molecule has 0 nitrogen and oxygen atoms in total. The molecule has 0 fully saturated rings. The van der Waals surface area contributed by atoms with E-state index < -0.39 is 14.8 Å². The second-order valence-corrected chi connectivity index (χ2v) is 26.9. The van der Waals surface area contributed by atoms with E-state index in [0.717, 1.165) is 5.67 Å². The van der Waals surface area contributed by atoms with Crippen molar-refractivity contribution in [2.75, 3.05) is 0 Å². The Hall–Kier alpha value is 1.01. The minimum Gasteiger partial charge on any atom is -0.166 e. The predicted molar refractivity (Wildman–Crippen MR) is 144 cm³/mol. The van der Waals surface area contributed by atoms with Crippen molar-refractivity contribution in [2.45, 2.75) is 137 Å². The Balaban J connectivity index is 7.14. The maximum Gasteiger partial charge on any atom is 0.166 e. The smallest absolute Gasteiger partial charge is 0.166 e. The van der Waals surface area contributed by atoms with Crippen molar-refractivity contribution in [1.82, 2.24) is 0 Å². The Labute approximate surface area is 196 Å². The molecule has 0 saturated carbocycles. The molecule has 0 N–H and O–H groups in total. The zero-order valence-electron chi connectivity index (χ0n) is 22.8. The zero-order valence-corrected chi connectivity index (χ0v) is 26.3. The van der Waals surface area contributed by atoms with Gasteiger partial charge in [0.15, 0.2) is 14.8 Å². The molecule has 4 heteroatoms. The largest absolute Gasteiger partial charge is 0.166 e. The predicted octanol–water partition coefficient (Wildman–Crippen LogP) is 10.6. The maximum atomic E-state index is 8.11. The molecule has 0 aromatic heterocycles. The van der Waals surface area contributed by atoms with Crippen LogP contribution in [0.1, 0.15) is 111 Å². The van der Waals surface area contributed by atoms with Crippen molar-refractivity contribution in [3.63, 3.8) is 0 Å². The average molecular weight is 482 g/mol. The summed E-state index contributed by atoms with van der Waals surface area (Å²) >= 11 is 16.2. The molecule has 0 aromatic rings. The summed E-state index contributed by atoms with van der Waals surface area (Å²) in [5.74, 6) is 2.13. The average Bonchev–Trinajstić information content (AvgIpc) is 2.52. The Morgan fingerprint density at radius 1 is 0.448 bits per heavy atom. The highest BCUT2D eigenvalue weighted by Gasteiger charge is 2.67. The number of halogens is 2. The van der Waals surface area contributed by atoms with Crippen LogP contribution >= 0.6 is 22.2 Å². The van der Waals surface area contributed by atoms with E-state index in [1.807, 2.05) is 0 Å². The van der Waals surface area contributed by atoms with Crippen LogP contribution in [0.25, 0.3) is 0 Å². The molecule has 0 aliphatic carbocycles. The monoisotopic (exact) mass is 480 g/mol. The normalized spacial score (nSPS) is 15.9. The van der Waals surface area contributed by atoms with Gasteiger partial charge in [-0.2, -0.15) is 22.2 Å². The van der Waals surface area contributed by atoms with Crippen LogP contribution in [0.4, 0.5) is 0 Å². The van der Waals surface area contributed by atoms with Crippen LogP contribution in [0.2, 0.25) is 25.8 Å². The van der Waals surface area contributed by atoms with Gasteiger partial charge in [0, 0.05) is 0 Å². The summed E-state index contributed by atoms with van der Waals surface area (Å²) in [7, 11) is -4.75. The van der Waals surface area contributed by atoms with Crippen molar-refractivity contribution in [1.29, 1.82) is 0 Å². The van der Waals surface area contributed by atoms with E-state index in [1.54, 1.807) is 0 Å². The molecule has 0 radical (unpaired) electrons. The van der Waals surface area contributed by atoms with Crippen LogP contribution in [0.3, 0.4) is 0 Å². The summed E-state index contributed by atoms with van der Waals surface area (Å²) in [5, 5.41) is 0.371. The fourth-order valence-corrected chi connectivity index (χ4v) is 28.5. The molecule has 0 heterocycles. The fourth-order valence-electron chi connectivity index (χ4n) is 4.74. The molecule has 0 unspecified atom stereocenters. The molecule has 0 spiro atoms. The molecule has 29 heavy (non-hydrogen) atoms. The molecule has 0 amide bonds. The Kier molecular flexibility index (Phi) is 9.42. The molecular weight excluding hydrogens is 427 g/mol. The summed E-state index contributed by atoms with van der Waals surface area (Å²) in [6.45, 7) is 38.4. The molecule has 0 atom stereocenters. The molecule has 0 bridgehead atoms. The van der Waals surface area contributed by atoms with Gasteiger partial charge in [0.25, 0.3) is 0 Å². The Morgan fingerprint density at radius 2 is 0.586 bits per heavy atom. The highest BCUT2D eigenvalue weighted by Crippen LogP contribution is 2.70. The van der Waals surface area contributed by atoms with Crippen molar-refractivity contribution >= 4 is 36.9 Å². The lowest BCUT2D eigenvalue weighted by Gasteiger charge is -2.61. The summed E-state index contributed by atoms with van der Waals surface area (Å²) in [6, 6.07) is 0. The number of hydrogen-bond donors (Lipinski definition) is 0. The maximum absolute atomic E-state index is 8.11. The van der Waals surface area contributed by atoms with Gasteiger partial charge in [-0.05, 0) is 49.5 Å². The van der Waals surface area contributed by atoms with E-state index >= 15 is 0 Å². The third-order valence-corrected chi connectivity index (χ3v) is 33.0. The van der Waals surface area contributed by atoms with Crippen LogP contribution in [0, 0.1) is 23.7 Å². The third kappa shape index (κ3) is 4.71. The summed E-state index contributed by atoms with van der Waals surface area (Å²) in [5.41, 5.74) is 1.07. The molecular formula is C25H54Cl2Si2. The minimum atomic E-state index is -2.38. The summed E-state index contributed by atoms with van der Waals surface area (Å²) in [6.07, 6.45) is 0. The van der Waals surface area contributed by atoms with Crippen molar-refractivity contribution < 1.29 is 0 Å². The van der Waals surface area contributed by atoms with E-state index in [2.05, 4.69) is 111 Å². The first-order valence-electron chi connectivity index (χ1n) is 11.9. The number of rotatable bonds is 10. The van der Waals surface area contributed by atoms with Gasteiger partial charge in [-0.1, -0.05) is 111 Å². The van der Waals surface area contributed by atoms with E-state index in [0.29, 0.717) is 23.7 Å². The summed E-state index contributed by atoms with van der Waals surface area (Å²) in [4.78, 5) is 0. The third-order valence-electron chi connectivity index (χ3n) is 10.3. The second kappa shape index (κ2) is 9.10. The van der Waals surface area contributed by atoms with Gasteiger partial charge in [-0.3, -0.25) is 0 Å². The molecule has 0 aromatic carbocycles. The lowest BCUT2D eigenvalue weighted by Crippen LogP contribution is -2.63. The molecule has 176 valence electrons. The van der Waals surface area contributed by atoms with Gasteiger partial charge in [0.2, 0.25) is 0 Å². The van der Waals surface area contributed by atoms with E-state index in [1.165, 1.54) is 0 Å². The van der Waals surface area contributed by atoms with Gasteiger partial charge in [-0.15, -0.1) is 0 Å². The lowest BCUT2D eigenvalue weighted by molar-refractivity contribution is 0.384. The summed E-state index contributed by atoms with van der Waals surface area (Å²) < 4.78 is 0. The fraction of sp³-hybridized carbons (Fsp3) is 1.00. The van der Waals surface area contributed by atoms with E-state index in [9.17, 15) is 0 Å². The van der Waals surface area contributed by atoms with Crippen molar-refractivity contribution in [3.8, 4) is 0 Å². The first-order valence-corrected chi connectivity index (χ1v) is 18.3. The van der Waals surface area contributed by atoms with Crippen LogP contribution in [-0.4, -0.2) is 14.8 Å². The van der Waals surface area contributed by atoms with E-state index in [-0.39, 0.29) is 20.2 Å². The molecule has 0 aliphatic heterocycles. The van der Waals surface area contributed by atoms with E-state index in [4.69, 9.17) is 22.2 Å².